The quantitative estimate of drug-likeness (QED) is 0.463. The van der Waals surface area contributed by atoms with Crippen molar-refractivity contribution >= 4 is 23.3 Å². The van der Waals surface area contributed by atoms with Gasteiger partial charge in [0.1, 0.15) is 0 Å². The molecule has 2 rings (SSSR count). The second kappa shape index (κ2) is 8.61. The molecule has 8 heteroatoms. The lowest BCUT2D eigenvalue weighted by atomic mass is 10.2. The summed E-state index contributed by atoms with van der Waals surface area (Å²) in [5.74, 6) is -0.905. The minimum Gasteiger partial charge on any atom is -0.477 e. The number of aryl methyl sites for hydroxylation is 1. The van der Waals surface area contributed by atoms with Crippen molar-refractivity contribution in [2.45, 2.75) is 13.8 Å². The maximum atomic E-state index is 12.0. The second-order valence-electron chi connectivity index (χ2n) is 5.36. The third-order valence-electron chi connectivity index (χ3n) is 3.35. The van der Waals surface area contributed by atoms with Gasteiger partial charge in [0.25, 0.3) is 5.91 Å². The van der Waals surface area contributed by atoms with Crippen molar-refractivity contribution in [3.63, 3.8) is 0 Å². The van der Waals surface area contributed by atoms with Crippen molar-refractivity contribution in [3.05, 3.63) is 63.7 Å². The molecule has 0 atom stereocenters. The summed E-state index contributed by atoms with van der Waals surface area (Å²) in [6.07, 6.45) is 0. The minimum atomic E-state index is -0.561. The van der Waals surface area contributed by atoms with Crippen molar-refractivity contribution in [2.75, 3.05) is 18.5 Å². The zero-order chi connectivity index (χ0) is 19.1. The van der Waals surface area contributed by atoms with E-state index in [-0.39, 0.29) is 24.7 Å². The number of carbonyl (C=O) groups is 2. The summed E-state index contributed by atoms with van der Waals surface area (Å²) >= 11 is 0. The number of anilines is 1. The van der Waals surface area contributed by atoms with Crippen molar-refractivity contribution < 1.29 is 24.0 Å². The molecule has 0 aliphatic heterocycles. The van der Waals surface area contributed by atoms with Gasteiger partial charge in [-0.3, -0.25) is 14.9 Å². The Morgan fingerprint density at radius 2 is 1.85 bits per heavy atom. The van der Waals surface area contributed by atoms with Gasteiger partial charge in [-0.1, -0.05) is 6.07 Å². The number of hydrogen-bond donors (Lipinski definition) is 1. The van der Waals surface area contributed by atoms with Gasteiger partial charge >= 0.3 is 11.7 Å². The predicted octanol–water partition coefficient (Wildman–Crippen LogP) is 3.10. The Bertz CT molecular complexity index is 817. The summed E-state index contributed by atoms with van der Waals surface area (Å²) in [5, 5.41) is 13.6. The molecule has 8 nitrogen and oxygen atoms in total. The van der Waals surface area contributed by atoms with Crippen LogP contribution in [0.5, 0.6) is 5.75 Å². The van der Waals surface area contributed by atoms with Crippen LogP contribution in [0.3, 0.4) is 0 Å². The molecule has 0 aliphatic rings. The van der Waals surface area contributed by atoms with Crippen LogP contribution in [0.25, 0.3) is 0 Å². The summed E-state index contributed by atoms with van der Waals surface area (Å²) in [6, 6.07) is 10.7. The first-order valence-corrected chi connectivity index (χ1v) is 7.85. The highest BCUT2D eigenvalue weighted by Gasteiger charge is 2.16. The monoisotopic (exact) mass is 358 g/mol. The molecular weight excluding hydrogens is 340 g/mol. The third kappa shape index (κ3) is 5.04. The Morgan fingerprint density at radius 3 is 2.46 bits per heavy atom. The Morgan fingerprint density at radius 1 is 1.15 bits per heavy atom. The summed E-state index contributed by atoms with van der Waals surface area (Å²) in [6.45, 7) is 3.33. The topological polar surface area (TPSA) is 108 Å². The molecule has 1 N–H and O–H groups in total. The Kier molecular flexibility index (Phi) is 6.26. The lowest BCUT2D eigenvalue weighted by Crippen LogP contribution is -2.20. The number of hydrogen-bond acceptors (Lipinski definition) is 6. The number of nitrogens with one attached hydrogen (secondary N) is 1. The van der Waals surface area contributed by atoms with E-state index in [9.17, 15) is 19.7 Å². The number of nitro groups is 1. The maximum absolute atomic E-state index is 12.0. The molecule has 0 spiro atoms. The van der Waals surface area contributed by atoms with Gasteiger partial charge in [-0.15, -0.1) is 0 Å². The molecular formula is C18H18N2O6. The minimum absolute atomic E-state index is 0.0217. The van der Waals surface area contributed by atoms with E-state index in [4.69, 9.17) is 9.47 Å². The Balaban J connectivity index is 1.95. The van der Waals surface area contributed by atoms with Crippen LogP contribution in [0, 0.1) is 17.0 Å². The highest BCUT2D eigenvalue weighted by atomic mass is 16.6. The van der Waals surface area contributed by atoms with Gasteiger partial charge in [0.05, 0.1) is 17.1 Å². The average molecular weight is 358 g/mol. The molecule has 1 amide bonds. The van der Waals surface area contributed by atoms with Gasteiger partial charge in [-0.05, 0) is 49.7 Å². The van der Waals surface area contributed by atoms with Crippen molar-refractivity contribution in [1.29, 1.82) is 0 Å². The number of carbonyl (C=O) groups excluding carboxylic acids is 2. The largest absolute Gasteiger partial charge is 0.477 e. The van der Waals surface area contributed by atoms with Crippen LogP contribution in [-0.2, 0) is 9.53 Å². The molecule has 0 saturated carbocycles. The van der Waals surface area contributed by atoms with Crippen LogP contribution in [-0.4, -0.2) is 30.0 Å². The van der Waals surface area contributed by atoms with E-state index in [2.05, 4.69) is 5.32 Å². The molecule has 0 fully saturated rings. The van der Waals surface area contributed by atoms with E-state index in [0.717, 1.165) is 5.56 Å². The van der Waals surface area contributed by atoms with Crippen molar-refractivity contribution in [3.8, 4) is 5.75 Å². The second-order valence-corrected chi connectivity index (χ2v) is 5.36. The van der Waals surface area contributed by atoms with E-state index >= 15 is 0 Å². The van der Waals surface area contributed by atoms with Crippen molar-refractivity contribution in [2.24, 2.45) is 0 Å². The first-order chi connectivity index (χ1) is 12.4. The normalized spacial score (nSPS) is 10.1. The Hall–Kier alpha value is -3.42. The van der Waals surface area contributed by atoms with Gasteiger partial charge in [0.15, 0.2) is 12.4 Å². The van der Waals surface area contributed by atoms with Gasteiger partial charge < -0.3 is 14.8 Å². The van der Waals surface area contributed by atoms with Crippen LogP contribution >= 0.6 is 0 Å². The third-order valence-corrected chi connectivity index (χ3v) is 3.35. The zero-order valence-corrected chi connectivity index (χ0v) is 14.4. The first-order valence-electron chi connectivity index (χ1n) is 7.85. The smallest absolute Gasteiger partial charge is 0.338 e. The van der Waals surface area contributed by atoms with E-state index in [1.807, 2.05) is 0 Å². The van der Waals surface area contributed by atoms with Crippen LogP contribution in [0.4, 0.5) is 11.4 Å². The van der Waals surface area contributed by atoms with E-state index < -0.39 is 16.8 Å². The number of amides is 1. The van der Waals surface area contributed by atoms with Crippen LogP contribution in [0.2, 0.25) is 0 Å². The number of nitrogens with zero attached hydrogens (tertiary/aromatic N) is 1. The fourth-order valence-corrected chi connectivity index (χ4v) is 2.14. The fourth-order valence-electron chi connectivity index (χ4n) is 2.14. The van der Waals surface area contributed by atoms with E-state index in [1.54, 1.807) is 32.0 Å². The van der Waals surface area contributed by atoms with Gasteiger partial charge in [0.2, 0.25) is 0 Å². The molecule has 2 aromatic carbocycles. The summed E-state index contributed by atoms with van der Waals surface area (Å²) in [5.41, 5.74) is 1.35. The van der Waals surface area contributed by atoms with Gasteiger partial charge in [-0.2, -0.15) is 0 Å². The highest BCUT2D eigenvalue weighted by Crippen LogP contribution is 2.27. The number of rotatable bonds is 7. The number of ether oxygens (including phenoxy) is 2. The lowest BCUT2D eigenvalue weighted by Gasteiger charge is -2.09. The fraction of sp³-hybridized carbons (Fsp3) is 0.222. The standard InChI is InChI=1S/C18H18N2O6/c1-3-25-18(22)13-5-7-14(8-6-13)19-17(21)11-26-16-9-4-12(2)10-15(16)20(23)24/h4-10H,3,11H2,1-2H3,(H,19,21). The molecule has 26 heavy (non-hydrogen) atoms. The van der Waals surface area contributed by atoms with Crippen LogP contribution in [0.15, 0.2) is 42.5 Å². The molecule has 0 aromatic heterocycles. The molecule has 0 heterocycles. The molecule has 0 radical (unpaired) electrons. The van der Waals surface area contributed by atoms with Gasteiger partial charge in [-0.25, -0.2) is 4.79 Å². The number of nitro benzene ring substituents is 1. The molecule has 0 unspecified atom stereocenters. The number of benzene rings is 2. The summed E-state index contributed by atoms with van der Waals surface area (Å²) < 4.78 is 10.1. The van der Waals surface area contributed by atoms with Crippen molar-refractivity contribution in [1.82, 2.24) is 0 Å². The van der Waals surface area contributed by atoms with Crippen LogP contribution < -0.4 is 10.1 Å². The summed E-state index contributed by atoms with van der Waals surface area (Å²) in [4.78, 5) is 34.0. The zero-order valence-electron chi connectivity index (χ0n) is 14.4. The first kappa shape index (κ1) is 18.9. The molecule has 2 aromatic rings. The van der Waals surface area contributed by atoms with E-state index in [0.29, 0.717) is 11.3 Å². The molecule has 0 saturated heterocycles. The SMILES string of the molecule is CCOC(=O)c1ccc(NC(=O)COc2ccc(C)cc2[N+](=O)[O-])cc1. The lowest BCUT2D eigenvalue weighted by molar-refractivity contribution is -0.385. The number of esters is 1. The molecule has 0 bridgehead atoms. The van der Waals surface area contributed by atoms with Gasteiger partial charge in [0, 0.05) is 11.8 Å². The van der Waals surface area contributed by atoms with Crippen LogP contribution in [0.1, 0.15) is 22.8 Å². The molecule has 0 aliphatic carbocycles. The maximum Gasteiger partial charge on any atom is 0.338 e. The summed E-state index contributed by atoms with van der Waals surface area (Å²) in [7, 11) is 0. The predicted molar refractivity (Wildman–Crippen MR) is 94.4 cm³/mol. The highest BCUT2D eigenvalue weighted by molar-refractivity contribution is 5.93. The average Bonchev–Trinajstić information content (AvgIpc) is 2.61. The molecule has 136 valence electrons. The Labute approximate surface area is 149 Å². The van der Waals surface area contributed by atoms with E-state index in [1.165, 1.54) is 24.3 Å².